The Balaban J connectivity index is 1.61. The monoisotopic (exact) mass is 385 g/mol. The minimum atomic E-state index is -0.295. The molecule has 4 heterocycles. The Morgan fingerprint density at radius 2 is 2.07 bits per heavy atom. The highest BCUT2D eigenvalue weighted by Crippen LogP contribution is 2.34. The Labute approximate surface area is 166 Å². The van der Waals surface area contributed by atoms with E-state index in [4.69, 9.17) is 4.42 Å². The molecule has 7 nitrogen and oxygen atoms in total. The molecule has 0 radical (unpaired) electrons. The summed E-state index contributed by atoms with van der Waals surface area (Å²) in [4.78, 5) is 29.1. The Hall–Kier alpha value is -3.74. The number of benzene rings is 1. The molecule has 7 heteroatoms. The average molecular weight is 385 g/mol. The van der Waals surface area contributed by atoms with E-state index >= 15 is 0 Å². The van der Waals surface area contributed by atoms with Crippen molar-refractivity contribution in [1.29, 1.82) is 0 Å². The number of aryl methyl sites for hydroxylation is 3. The van der Waals surface area contributed by atoms with Crippen molar-refractivity contribution in [3.63, 3.8) is 0 Å². The third kappa shape index (κ3) is 2.91. The first-order chi connectivity index (χ1) is 14.0. The fourth-order valence-corrected chi connectivity index (χ4v) is 3.82. The van der Waals surface area contributed by atoms with E-state index in [0.717, 1.165) is 39.0 Å². The number of carbonyl (C=O) groups excluding carboxylic acids is 1. The van der Waals surface area contributed by atoms with E-state index in [1.165, 1.54) is 0 Å². The van der Waals surface area contributed by atoms with Crippen LogP contribution < -0.4 is 5.32 Å². The van der Waals surface area contributed by atoms with Crippen LogP contribution in [0.25, 0.3) is 22.2 Å². The molecule has 1 aliphatic heterocycles. The molecular formula is C22H19N5O2. The van der Waals surface area contributed by atoms with E-state index in [2.05, 4.69) is 37.4 Å². The van der Waals surface area contributed by atoms with Crippen LogP contribution in [-0.2, 0) is 6.54 Å². The summed E-state index contributed by atoms with van der Waals surface area (Å²) in [6.45, 7) is 6.06. The quantitative estimate of drug-likeness (QED) is 0.549. The molecule has 2 N–H and O–H groups in total. The van der Waals surface area contributed by atoms with Crippen LogP contribution in [0, 0.1) is 20.8 Å². The van der Waals surface area contributed by atoms with Gasteiger partial charge in [-0.25, -0.2) is 9.97 Å². The molecule has 0 saturated heterocycles. The summed E-state index contributed by atoms with van der Waals surface area (Å²) in [5, 5.41) is 4.05. The van der Waals surface area contributed by atoms with Crippen molar-refractivity contribution >= 4 is 28.8 Å². The van der Waals surface area contributed by atoms with E-state index in [9.17, 15) is 4.79 Å². The van der Waals surface area contributed by atoms with Crippen molar-refractivity contribution < 1.29 is 9.21 Å². The summed E-state index contributed by atoms with van der Waals surface area (Å²) >= 11 is 0. The highest BCUT2D eigenvalue weighted by atomic mass is 16.4. The molecule has 1 aliphatic rings. The van der Waals surface area contributed by atoms with E-state index in [0.29, 0.717) is 29.6 Å². The zero-order valence-corrected chi connectivity index (χ0v) is 16.3. The second kappa shape index (κ2) is 6.41. The van der Waals surface area contributed by atoms with Crippen LogP contribution in [-0.4, -0.2) is 27.1 Å². The lowest BCUT2D eigenvalue weighted by molar-refractivity contribution is 0.102. The van der Waals surface area contributed by atoms with Crippen molar-refractivity contribution in [2.24, 2.45) is 4.99 Å². The van der Waals surface area contributed by atoms with Gasteiger partial charge in [-0.05, 0) is 54.8 Å². The molecule has 29 heavy (non-hydrogen) atoms. The number of nitrogens with one attached hydrogen (secondary N) is 2. The zero-order chi connectivity index (χ0) is 20.1. The Morgan fingerprint density at radius 1 is 1.21 bits per heavy atom. The summed E-state index contributed by atoms with van der Waals surface area (Å²) < 4.78 is 5.40. The highest BCUT2D eigenvalue weighted by molar-refractivity contribution is 6.08. The molecular weight excluding hydrogens is 366 g/mol. The van der Waals surface area contributed by atoms with Crippen LogP contribution in [0.15, 0.2) is 39.9 Å². The van der Waals surface area contributed by atoms with E-state index in [1.54, 1.807) is 26.3 Å². The van der Waals surface area contributed by atoms with E-state index in [-0.39, 0.29) is 5.91 Å². The van der Waals surface area contributed by atoms with Crippen LogP contribution in [0.1, 0.15) is 39.0 Å². The van der Waals surface area contributed by atoms with Gasteiger partial charge in [0.2, 0.25) is 0 Å². The summed E-state index contributed by atoms with van der Waals surface area (Å²) in [5.74, 6) is 0.673. The smallest absolute Gasteiger partial charge is 0.277 e. The number of aliphatic imine (C=N–C) groups is 1. The van der Waals surface area contributed by atoms with E-state index < -0.39 is 0 Å². The number of nitrogens with zero attached hydrogens (tertiary/aromatic N) is 3. The number of carbonyl (C=O) groups is 1. The second-order valence-corrected chi connectivity index (χ2v) is 7.23. The van der Waals surface area contributed by atoms with Gasteiger partial charge >= 0.3 is 0 Å². The third-order valence-electron chi connectivity index (χ3n) is 5.09. The molecule has 4 aromatic rings. The lowest BCUT2D eigenvalue weighted by Gasteiger charge is -2.12. The van der Waals surface area contributed by atoms with Crippen LogP contribution in [0.2, 0.25) is 0 Å². The molecule has 0 atom stereocenters. The first-order valence-corrected chi connectivity index (χ1v) is 9.36. The van der Waals surface area contributed by atoms with Crippen LogP contribution in [0.4, 0.5) is 5.69 Å². The van der Waals surface area contributed by atoms with Crippen molar-refractivity contribution in [2.45, 2.75) is 27.3 Å². The number of oxazole rings is 1. The third-order valence-corrected chi connectivity index (χ3v) is 5.09. The van der Waals surface area contributed by atoms with Gasteiger partial charge < -0.3 is 14.7 Å². The highest BCUT2D eigenvalue weighted by Gasteiger charge is 2.20. The number of rotatable bonds is 3. The molecule has 0 bridgehead atoms. The van der Waals surface area contributed by atoms with Gasteiger partial charge in [-0.2, -0.15) is 0 Å². The molecule has 1 amide bonds. The van der Waals surface area contributed by atoms with Gasteiger partial charge in [0.25, 0.3) is 5.91 Å². The minimum Gasteiger partial charge on any atom is -0.445 e. The molecule has 0 saturated carbocycles. The number of amides is 1. The largest absolute Gasteiger partial charge is 0.445 e. The van der Waals surface area contributed by atoms with Crippen molar-refractivity contribution in [3.05, 3.63) is 64.6 Å². The van der Waals surface area contributed by atoms with Crippen molar-refractivity contribution in [2.75, 3.05) is 5.32 Å². The molecule has 3 aromatic heterocycles. The summed E-state index contributed by atoms with van der Waals surface area (Å²) in [6, 6.07) is 8.18. The standard InChI is InChI=1S/C22H19N5O2/c1-11-6-17-16(4-5-24-21(17)25-11)14-7-15-9-23-10-18(15)19(8-14)27-22(28)20-12(2)29-13(3)26-20/h4-8,10H,9H2,1-3H3,(H,24,25)(H,27,28). The number of anilines is 1. The van der Waals surface area contributed by atoms with Gasteiger partial charge in [0.1, 0.15) is 11.4 Å². The number of hydrogen-bond acceptors (Lipinski definition) is 5. The molecule has 0 fully saturated rings. The molecule has 1 aromatic carbocycles. The predicted molar refractivity (Wildman–Crippen MR) is 111 cm³/mol. The van der Waals surface area contributed by atoms with Gasteiger partial charge in [0, 0.05) is 36.0 Å². The molecule has 0 spiro atoms. The SMILES string of the molecule is Cc1cc2c(-c3cc4c(c(NC(=O)c5nc(C)oc5C)c3)C=NC4)ccnc2[nH]1. The number of aromatic amines is 1. The van der Waals surface area contributed by atoms with Gasteiger partial charge in [-0.1, -0.05) is 0 Å². The summed E-state index contributed by atoms with van der Waals surface area (Å²) in [5.41, 5.74) is 6.96. The zero-order valence-electron chi connectivity index (χ0n) is 16.3. The predicted octanol–water partition coefficient (Wildman–Crippen LogP) is 4.33. The van der Waals surface area contributed by atoms with Gasteiger partial charge in [-0.3, -0.25) is 9.79 Å². The summed E-state index contributed by atoms with van der Waals surface area (Å²) in [6.07, 6.45) is 3.59. The van der Waals surface area contributed by atoms with Crippen LogP contribution in [0.5, 0.6) is 0 Å². The lowest BCUT2D eigenvalue weighted by atomic mass is 9.97. The van der Waals surface area contributed by atoms with E-state index in [1.807, 2.05) is 19.1 Å². The maximum atomic E-state index is 12.8. The van der Waals surface area contributed by atoms with Crippen molar-refractivity contribution in [3.8, 4) is 11.1 Å². The first kappa shape index (κ1) is 17.4. The summed E-state index contributed by atoms with van der Waals surface area (Å²) in [7, 11) is 0. The topological polar surface area (TPSA) is 96.2 Å². The van der Waals surface area contributed by atoms with Crippen LogP contribution in [0.3, 0.4) is 0 Å². The molecule has 144 valence electrons. The van der Waals surface area contributed by atoms with Crippen LogP contribution >= 0.6 is 0 Å². The fourth-order valence-electron chi connectivity index (χ4n) is 3.82. The number of hydrogen-bond donors (Lipinski definition) is 2. The molecule has 5 rings (SSSR count). The second-order valence-electron chi connectivity index (χ2n) is 7.23. The maximum Gasteiger partial charge on any atom is 0.277 e. The first-order valence-electron chi connectivity index (χ1n) is 9.36. The van der Waals surface area contributed by atoms with Gasteiger partial charge in [0.05, 0.1) is 12.2 Å². The Morgan fingerprint density at radius 3 is 2.86 bits per heavy atom. The molecule has 0 unspecified atom stereocenters. The lowest BCUT2D eigenvalue weighted by Crippen LogP contribution is -2.15. The average Bonchev–Trinajstić information content (AvgIpc) is 3.38. The number of fused-ring (bicyclic) bond motifs is 2. The Kier molecular flexibility index (Phi) is 3.84. The number of H-pyrrole nitrogens is 1. The Bertz CT molecular complexity index is 1310. The number of aromatic nitrogens is 3. The van der Waals surface area contributed by atoms with Crippen molar-refractivity contribution in [1.82, 2.24) is 15.0 Å². The minimum absolute atomic E-state index is 0.295. The van der Waals surface area contributed by atoms with Gasteiger partial charge in [0.15, 0.2) is 11.6 Å². The fraction of sp³-hybridized carbons (Fsp3) is 0.182. The number of pyridine rings is 1. The van der Waals surface area contributed by atoms with Gasteiger partial charge in [-0.15, -0.1) is 0 Å². The normalized spacial score (nSPS) is 12.5. The maximum absolute atomic E-state index is 12.8. The molecule has 0 aliphatic carbocycles.